The van der Waals surface area contributed by atoms with E-state index < -0.39 is 0 Å². The monoisotopic (exact) mass is 460 g/mol. The van der Waals surface area contributed by atoms with E-state index in [1.165, 1.54) is 0 Å². The van der Waals surface area contributed by atoms with E-state index in [0.29, 0.717) is 17.3 Å². The van der Waals surface area contributed by atoms with Crippen molar-refractivity contribution in [1.82, 2.24) is 9.97 Å². The third-order valence-electron chi connectivity index (χ3n) is 6.01. The van der Waals surface area contributed by atoms with E-state index in [4.69, 9.17) is 5.73 Å². The molecule has 0 spiro atoms. The number of amides is 2. The van der Waals surface area contributed by atoms with Gasteiger partial charge in [0.05, 0.1) is 5.92 Å². The van der Waals surface area contributed by atoms with Gasteiger partial charge in [-0.25, -0.2) is 4.98 Å². The van der Waals surface area contributed by atoms with Crippen molar-refractivity contribution >= 4 is 35.0 Å². The lowest BCUT2D eigenvalue weighted by Crippen LogP contribution is -2.34. The highest BCUT2D eigenvalue weighted by atomic mass is 16.2. The van der Waals surface area contributed by atoms with Crippen LogP contribution in [-0.2, 0) is 4.79 Å². The fourth-order valence-electron chi connectivity index (χ4n) is 4.09. The Morgan fingerprint density at radius 2 is 1.76 bits per heavy atom. The predicted molar refractivity (Wildman–Crippen MR) is 136 cm³/mol. The number of hydrogen-bond donors (Lipinski definition) is 3. The summed E-state index contributed by atoms with van der Waals surface area (Å²) in [5.74, 6) is 0.558. The topological polar surface area (TPSA) is 113 Å². The number of carbonyl (C=O) groups is 2. The summed E-state index contributed by atoms with van der Waals surface area (Å²) in [5, 5.41) is 6.56. The number of carbonyl (C=O) groups excluding carboxylic acids is 2. The number of aromatic nitrogens is 2. The summed E-state index contributed by atoms with van der Waals surface area (Å²) in [6.07, 6.45) is 4.38. The Morgan fingerprint density at radius 3 is 2.44 bits per heavy atom. The van der Waals surface area contributed by atoms with Gasteiger partial charge in [0.2, 0.25) is 11.9 Å². The lowest BCUT2D eigenvalue weighted by molar-refractivity contribution is -0.121. The molecule has 8 nitrogen and oxygen atoms in total. The maximum Gasteiger partial charge on any atom is 0.258 e. The number of nitrogens with zero attached hydrogens (tertiary/aromatic N) is 3. The predicted octanol–water partition coefficient (Wildman–Crippen LogP) is 4.51. The van der Waals surface area contributed by atoms with Crippen LogP contribution in [0.4, 0.5) is 23.1 Å². The molecule has 1 aliphatic carbocycles. The molecule has 2 aromatic carbocycles. The summed E-state index contributed by atoms with van der Waals surface area (Å²) in [6, 6.07) is 16.7. The summed E-state index contributed by atoms with van der Waals surface area (Å²) in [5.41, 5.74) is 8.61. The maximum absolute atomic E-state index is 12.8. The molecule has 0 bridgehead atoms. The van der Waals surface area contributed by atoms with E-state index in [9.17, 15) is 9.59 Å². The minimum atomic E-state index is -0.275. The lowest BCUT2D eigenvalue weighted by Gasteiger charge is -2.20. The quantitative estimate of drug-likeness (QED) is 0.478. The molecule has 3 aromatic rings. The van der Waals surface area contributed by atoms with Crippen molar-refractivity contribution < 1.29 is 9.59 Å². The molecule has 2 amide bonds. The van der Waals surface area contributed by atoms with Gasteiger partial charge in [-0.15, -0.1) is 0 Å². The second kappa shape index (κ2) is 10.8. The number of para-hydroxylation sites is 1. The third kappa shape index (κ3) is 5.51. The van der Waals surface area contributed by atoms with Crippen LogP contribution in [0.15, 0.2) is 60.8 Å². The van der Waals surface area contributed by atoms with Gasteiger partial charge in [-0.3, -0.25) is 9.59 Å². The van der Waals surface area contributed by atoms with Crippen LogP contribution in [0.5, 0.6) is 0 Å². The summed E-state index contributed by atoms with van der Waals surface area (Å²) < 4.78 is 0. The number of primary amides is 1. The van der Waals surface area contributed by atoms with Crippen LogP contribution in [0.3, 0.4) is 0 Å². The summed E-state index contributed by atoms with van der Waals surface area (Å²) in [4.78, 5) is 35.0. The fourth-order valence-corrected chi connectivity index (χ4v) is 4.09. The van der Waals surface area contributed by atoms with Crippen molar-refractivity contribution in [1.29, 1.82) is 0 Å². The Hall–Kier alpha value is -3.94. The first-order valence-electron chi connectivity index (χ1n) is 11.0. The number of hydrogen-bond acceptors (Lipinski definition) is 6. The summed E-state index contributed by atoms with van der Waals surface area (Å²) >= 11 is 0. The zero-order valence-corrected chi connectivity index (χ0v) is 18.8. The van der Waals surface area contributed by atoms with E-state index in [-0.39, 0.29) is 31.2 Å². The second-order valence-electron chi connectivity index (χ2n) is 8.32. The van der Waals surface area contributed by atoms with Gasteiger partial charge in [0, 0.05) is 41.8 Å². The van der Waals surface area contributed by atoms with E-state index in [1.54, 1.807) is 30.3 Å². The van der Waals surface area contributed by atoms with Crippen molar-refractivity contribution in [2.45, 2.75) is 39.7 Å². The molecule has 1 fully saturated rings. The van der Waals surface area contributed by atoms with Crippen molar-refractivity contribution in [3.63, 3.8) is 0 Å². The zero-order chi connectivity index (χ0) is 23.4. The summed E-state index contributed by atoms with van der Waals surface area (Å²) in [7, 11) is 1.76. The molecule has 0 saturated heterocycles. The van der Waals surface area contributed by atoms with Gasteiger partial charge in [-0.1, -0.05) is 32.0 Å². The van der Waals surface area contributed by atoms with Crippen LogP contribution in [0.2, 0.25) is 0 Å². The molecule has 2 atom stereocenters. The van der Waals surface area contributed by atoms with Crippen LogP contribution in [0.1, 0.15) is 42.6 Å². The molecule has 178 valence electrons. The minimum Gasteiger partial charge on any atom is -0.369 e. The van der Waals surface area contributed by atoms with Crippen LogP contribution < -0.4 is 21.3 Å². The van der Waals surface area contributed by atoms with Crippen LogP contribution >= 0.6 is 0 Å². The maximum atomic E-state index is 12.8. The average molecular weight is 461 g/mol. The molecular weight excluding hydrogens is 428 g/mol. The molecule has 1 saturated carbocycles. The van der Waals surface area contributed by atoms with Gasteiger partial charge in [0.25, 0.3) is 5.91 Å². The number of benzene rings is 2. The van der Waals surface area contributed by atoms with Crippen LogP contribution in [0, 0.1) is 12.8 Å². The Balaban J connectivity index is 0.00000324. The van der Waals surface area contributed by atoms with Gasteiger partial charge in [-0.2, -0.15) is 4.98 Å². The zero-order valence-electron chi connectivity index (χ0n) is 18.8. The molecular formula is C26H32N6O2. The Bertz CT molecular complexity index is 1130. The van der Waals surface area contributed by atoms with Crippen LogP contribution in [0.25, 0.3) is 0 Å². The largest absolute Gasteiger partial charge is 0.369 e. The highest BCUT2D eigenvalue weighted by Gasteiger charge is 2.32. The van der Waals surface area contributed by atoms with Gasteiger partial charge in [0.15, 0.2) is 0 Å². The Kier molecular flexibility index (Phi) is 7.83. The van der Waals surface area contributed by atoms with E-state index in [2.05, 4.69) is 20.6 Å². The van der Waals surface area contributed by atoms with Gasteiger partial charge >= 0.3 is 0 Å². The molecule has 0 unspecified atom stereocenters. The van der Waals surface area contributed by atoms with E-state index in [1.807, 2.05) is 49.4 Å². The molecule has 4 N–H and O–H groups in total. The smallest absolute Gasteiger partial charge is 0.258 e. The fraction of sp³-hybridized carbons (Fsp3) is 0.308. The first kappa shape index (κ1) is 24.7. The lowest BCUT2D eigenvalue weighted by atomic mass is 10.0. The van der Waals surface area contributed by atoms with Gasteiger partial charge < -0.3 is 21.3 Å². The molecule has 4 rings (SSSR count). The Morgan fingerprint density at radius 1 is 1.06 bits per heavy atom. The number of nitrogens with two attached hydrogens (primary N) is 1. The molecule has 0 radical (unpaired) electrons. The third-order valence-corrected chi connectivity index (χ3v) is 6.01. The molecule has 0 aliphatic heterocycles. The molecule has 1 aromatic heterocycles. The van der Waals surface area contributed by atoms with Gasteiger partial charge in [0.1, 0.15) is 5.82 Å². The standard InChI is InChI=1S/C25H28N6O2.CH4/c1-16-15-27-25(30-23(16)29-21-10-6-9-20(21)22(26)32)28-18-13-11-17(12-14-18)24(33)31(2)19-7-4-3-5-8-19;/h3-5,7-8,11-15,20-21H,6,9-10H2,1-2H3,(H2,26,32)(H2,27,28,29,30);1H4/t20-,21+;/m0./s1. The normalized spacial score (nSPS) is 16.9. The minimum absolute atomic E-state index is 0. The first-order valence-corrected chi connectivity index (χ1v) is 11.0. The van der Waals surface area contributed by atoms with E-state index >= 15 is 0 Å². The second-order valence-corrected chi connectivity index (χ2v) is 8.32. The van der Waals surface area contributed by atoms with Crippen molar-refractivity contribution in [3.8, 4) is 0 Å². The van der Waals surface area contributed by atoms with Gasteiger partial charge in [-0.05, 0) is 56.2 Å². The Labute approximate surface area is 200 Å². The molecule has 34 heavy (non-hydrogen) atoms. The number of aryl methyl sites for hydroxylation is 1. The SMILES string of the molecule is C.Cc1cnc(Nc2ccc(C(=O)N(C)c3ccccc3)cc2)nc1N[C@@H]1CCC[C@@H]1C(N)=O. The molecule has 1 heterocycles. The average Bonchev–Trinajstić information content (AvgIpc) is 3.30. The highest BCUT2D eigenvalue weighted by molar-refractivity contribution is 6.05. The number of rotatable bonds is 7. The number of nitrogens with one attached hydrogen (secondary N) is 2. The van der Waals surface area contributed by atoms with Crippen molar-refractivity contribution in [2.75, 3.05) is 22.6 Å². The molecule has 1 aliphatic rings. The number of anilines is 4. The van der Waals surface area contributed by atoms with Crippen LogP contribution in [-0.4, -0.2) is 34.9 Å². The van der Waals surface area contributed by atoms with Crippen molar-refractivity contribution in [3.05, 3.63) is 71.9 Å². The first-order chi connectivity index (χ1) is 15.9. The van der Waals surface area contributed by atoms with E-state index in [0.717, 1.165) is 36.2 Å². The highest BCUT2D eigenvalue weighted by Crippen LogP contribution is 2.29. The van der Waals surface area contributed by atoms with Crippen molar-refractivity contribution in [2.24, 2.45) is 11.7 Å². The molecule has 8 heteroatoms. The summed E-state index contributed by atoms with van der Waals surface area (Å²) in [6.45, 7) is 1.92.